The molecule has 7 nitrogen and oxygen atoms in total. The number of imidazole rings is 1. The number of carbonyl (C=O) groups excluding carboxylic acids is 2. The van der Waals surface area contributed by atoms with Crippen molar-refractivity contribution in [1.29, 1.82) is 0 Å². The molecule has 3 N–H and O–H groups in total. The number of fused-ring (bicyclic) bond motifs is 3. The van der Waals surface area contributed by atoms with Crippen LogP contribution in [0.15, 0.2) is 30.5 Å². The fraction of sp³-hybridized carbons (Fsp3) is 0.593. The van der Waals surface area contributed by atoms with Crippen LogP contribution in [0.3, 0.4) is 0 Å². The van der Waals surface area contributed by atoms with E-state index in [1.165, 1.54) is 51.2 Å². The van der Waals surface area contributed by atoms with Crippen LogP contribution in [0.2, 0.25) is 0 Å². The molecular weight excluding hydrogens is 428 g/mol. The molecule has 0 spiro atoms. The molecule has 3 aliphatic rings. The number of aromatic nitrogens is 2. The SMILES string of the molecule is COC(=O)N[C@H](C(=O)NC[C@@H](C)c1ncc(-c2ccc(C34CCC(CC3)CC4)cc2)[nH]1)C(C)C. The van der Waals surface area contributed by atoms with Crippen LogP contribution in [-0.2, 0) is 14.9 Å². The number of amides is 2. The summed E-state index contributed by atoms with van der Waals surface area (Å²) in [6.07, 6.45) is 9.41. The summed E-state index contributed by atoms with van der Waals surface area (Å²) in [5.41, 5.74) is 4.00. The van der Waals surface area contributed by atoms with E-state index in [-0.39, 0.29) is 17.7 Å². The molecule has 184 valence electrons. The van der Waals surface area contributed by atoms with Gasteiger partial charge in [0.1, 0.15) is 11.9 Å². The molecule has 2 amide bonds. The molecule has 0 radical (unpaired) electrons. The lowest BCUT2D eigenvalue weighted by Gasteiger charge is -2.47. The number of hydrogen-bond donors (Lipinski definition) is 3. The number of nitrogens with one attached hydrogen (secondary N) is 3. The second kappa shape index (κ2) is 10.2. The van der Waals surface area contributed by atoms with Gasteiger partial charge in [-0.05, 0) is 66.9 Å². The highest BCUT2D eigenvalue weighted by Crippen LogP contribution is 2.51. The van der Waals surface area contributed by atoms with Crippen molar-refractivity contribution in [2.45, 2.75) is 76.7 Å². The third-order valence-electron chi connectivity index (χ3n) is 7.95. The average Bonchev–Trinajstić information content (AvgIpc) is 3.37. The van der Waals surface area contributed by atoms with Crippen molar-refractivity contribution in [2.75, 3.05) is 13.7 Å². The minimum absolute atomic E-state index is 0.000718. The summed E-state index contributed by atoms with van der Waals surface area (Å²) in [7, 11) is 1.29. The molecular formula is C27H38N4O3. The summed E-state index contributed by atoms with van der Waals surface area (Å²) in [6.45, 7) is 6.20. The van der Waals surface area contributed by atoms with E-state index in [9.17, 15) is 9.59 Å². The summed E-state index contributed by atoms with van der Waals surface area (Å²) >= 11 is 0. The molecule has 1 heterocycles. The molecule has 7 heteroatoms. The van der Waals surface area contributed by atoms with Gasteiger partial charge in [-0.15, -0.1) is 0 Å². The maximum absolute atomic E-state index is 12.6. The van der Waals surface area contributed by atoms with Gasteiger partial charge in [-0.25, -0.2) is 9.78 Å². The quantitative estimate of drug-likeness (QED) is 0.516. The van der Waals surface area contributed by atoms with Crippen LogP contribution < -0.4 is 10.6 Å². The van der Waals surface area contributed by atoms with Gasteiger partial charge in [0.2, 0.25) is 5.91 Å². The van der Waals surface area contributed by atoms with E-state index in [1.807, 2.05) is 27.0 Å². The van der Waals surface area contributed by atoms with Crippen molar-refractivity contribution in [3.63, 3.8) is 0 Å². The predicted molar refractivity (Wildman–Crippen MR) is 132 cm³/mol. The van der Waals surface area contributed by atoms with Crippen LogP contribution in [0.1, 0.15) is 76.6 Å². The molecule has 1 aromatic carbocycles. The molecule has 2 aromatic rings. The highest BCUT2D eigenvalue weighted by Gasteiger charge is 2.41. The molecule has 5 rings (SSSR count). The first kappa shape index (κ1) is 24.3. The lowest BCUT2D eigenvalue weighted by molar-refractivity contribution is -0.124. The zero-order valence-electron chi connectivity index (χ0n) is 20.8. The number of aromatic amines is 1. The van der Waals surface area contributed by atoms with Gasteiger partial charge in [0.15, 0.2) is 0 Å². The number of rotatable bonds is 8. The van der Waals surface area contributed by atoms with Gasteiger partial charge < -0.3 is 20.4 Å². The molecule has 2 bridgehead atoms. The first-order valence-corrected chi connectivity index (χ1v) is 12.6. The summed E-state index contributed by atoms with van der Waals surface area (Å²) in [6, 6.07) is 8.39. The Bertz CT molecular complexity index is 976. The zero-order valence-corrected chi connectivity index (χ0v) is 20.8. The van der Waals surface area contributed by atoms with Crippen molar-refractivity contribution < 1.29 is 14.3 Å². The number of benzene rings is 1. The van der Waals surface area contributed by atoms with E-state index in [4.69, 9.17) is 0 Å². The van der Waals surface area contributed by atoms with Crippen LogP contribution in [-0.4, -0.2) is 41.7 Å². The lowest BCUT2D eigenvalue weighted by Crippen LogP contribution is -2.50. The highest BCUT2D eigenvalue weighted by atomic mass is 16.5. The van der Waals surface area contributed by atoms with E-state index in [0.29, 0.717) is 12.0 Å². The monoisotopic (exact) mass is 466 g/mol. The van der Waals surface area contributed by atoms with Crippen LogP contribution in [0.4, 0.5) is 4.79 Å². The molecule has 3 aliphatic carbocycles. The first-order chi connectivity index (χ1) is 16.3. The Morgan fingerprint density at radius 3 is 2.35 bits per heavy atom. The Morgan fingerprint density at radius 1 is 1.12 bits per heavy atom. The Hall–Kier alpha value is -2.83. The first-order valence-electron chi connectivity index (χ1n) is 12.6. The standard InChI is InChI=1S/C27H38N4O3/c1-17(2)23(31-26(33)34-4)25(32)29-15-18(3)24-28-16-22(30-24)20-5-7-21(8-6-20)27-12-9-19(10-13-27)11-14-27/h5-8,16-19,23H,9-15H2,1-4H3,(H,28,30)(H,29,32)(H,31,33)/t18-,19?,23+,27?/m1/s1. The van der Waals surface area contributed by atoms with Crippen molar-refractivity contribution >= 4 is 12.0 Å². The van der Waals surface area contributed by atoms with E-state index in [1.54, 1.807) is 0 Å². The summed E-state index contributed by atoms with van der Waals surface area (Å²) in [5, 5.41) is 5.53. The Balaban J connectivity index is 1.36. The van der Waals surface area contributed by atoms with Gasteiger partial charge in [0.05, 0.1) is 19.0 Å². The minimum Gasteiger partial charge on any atom is -0.453 e. The van der Waals surface area contributed by atoms with Gasteiger partial charge in [0, 0.05) is 12.5 Å². The number of alkyl carbamates (subject to hydrolysis) is 1. The van der Waals surface area contributed by atoms with Crippen molar-refractivity contribution in [1.82, 2.24) is 20.6 Å². The van der Waals surface area contributed by atoms with E-state index < -0.39 is 12.1 Å². The second-order valence-electron chi connectivity index (χ2n) is 10.5. The average molecular weight is 467 g/mol. The van der Waals surface area contributed by atoms with E-state index >= 15 is 0 Å². The topological polar surface area (TPSA) is 96.1 Å². The Labute approximate surface area is 202 Å². The van der Waals surface area contributed by atoms with Gasteiger partial charge in [0.25, 0.3) is 0 Å². The summed E-state index contributed by atoms with van der Waals surface area (Å²) < 4.78 is 4.63. The van der Waals surface area contributed by atoms with Crippen LogP contribution in [0.5, 0.6) is 0 Å². The van der Waals surface area contributed by atoms with Crippen LogP contribution in [0, 0.1) is 11.8 Å². The third kappa shape index (κ3) is 5.13. The highest BCUT2D eigenvalue weighted by molar-refractivity contribution is 5.85. The molecule has 0 aliphatic heterocycles. The molecule has 3 fully saturated rings. The number of carbonyl (C=O) groups is 2. The van der Waals surface area contributed by atoms with Gasteiger partial charge in [-0.2, -0.15) is 0 Å². The lowest BCUT2D eigenvalue weighted by atomic mass is 9.58. The molecule has 0 saturated heterocycles. The maximum Gasteiger partial charge on any atom is 0.407 e. The fourth-order valence-corrected chi connectivity index (χ4v) is 5.60. The van der Waals surface area contributed by atoms with Crippen molar-refractivity contribution in [3.8, 4) is 11.3 Å². The minimum atomic E-state index is -0.649. The summed E-state index contributed by atoms with van der Waals surface area (Å²) in [4.78, 5) is 32.1. The Kier molecular flexibility index (Phi) is 7.29. The zero-order chi connectivity index (χ0) is 24.3. The van der Waals surface area contributed by atoms with Crippen molar-refractivity contribution in [2.24, 2.45) is 11.8 Å². The fourth-order valence-electron chi connectivity index (χ4n) is 5.60. The third-order valence-corrected chi connectivity index (χ3v) is 7.95. The van der Waals surface area contributed by atoms with Crippen LogP contribution >= 0.6 is 0 Å². The molecule has 2 atom stereocenters. The number of ether oxygens (including phenoxy) is 1. The Morgan fingerprint density at radius 2 is 1.76 bits per heavy atom. The smallest absolute Gasteiger partial charge is 0.407 e. The maximum atomic E-state index is 12.6. The largest absolute Gasteiger partial charge is 0.453 e. The van der Waals surface area contributed by atoms with Gasteiger partial charge >= 0.3 is 6.09 Å². The second-order valence-corrected chi connectivity index (χ2v) is 10.5. The molecule has 3 saturated carbocycles. The van der Waals surface area contributed by atoms with E-state index in [0.717, 1.165) is 23.0 Å². The number of methoxy groups -OCH3 is 1. The molecule has 34 heavy (non-hydrogen) atoms. The predicted octanol–water partition coefficient (Wildman–Crippen LogP) is 4.90. The van der Waals surface area contributed by atoms with Gasteiger partial charge in [-0.1, -0.05) is 45.0 Å². The van der Waals surface area contributed by atoms with Crippen molar-refractivity contribution in [3.05, 3.63) is 41.9 Å². The normalized spacial score (nSPS) is 23.4. The number of H-pyrrole nitrogens is 1. The molecule has 0 unspecified atom stereocenters. The number of hydrogen-bond acceptors (Lipinski definition) is 4. The van der Waals surface area contributed by atoms with E-state index in [2.05, 4.69) is 49.6 Å². The molecule has 1 aromatic heterocycles. The van der Waals surface area contributed by atoms with Gasteiger partial charge in [-0.3, -0.25) is 4.79 Å². The van der Waals surface area contributed by atoms with Crippen LogP contribution in [0.25, 0.3) is 11.3 Å². The summed E-state index contributed by atoms with van der Waals surface area (Å²) in [5.74, 6) is 1.50. The number of nitrogens with zero attached hydrogens (tertiary/aromatic N) is 1.